The van der Waals surface area contributed by atoms with Gasteiger partial charge in [0.2, 0.25) is 0 Å². The summed E-state index contributed by atoms with van der Waals surface area (Å²) in [6.07, 6.45) is 22.7. The van der Waals surface area contributed by atoms with Crippen LogP contribution >= 0.6 is 7.80 Å². The molecule has 0 aliphatic carbocycles. The summed E-state index contributed by atoms with van der Waals surface area (Å²) in [6.45, 7) is 6.63. The second-order valence-electron chi connectivity index (χ2n) is 7.21. The highest BCUT2D eigenvalue weighted by Gasteiger charge is 2.11. The Morgan fingerprint density at radius 3 is 1.26 bits per heavy atom. The second kappa shape index (κ2) is 18.4. The predicted molar refractivity (Wildman–Crippen MR) is 107 cm³/mol. The summed E-state index contributed by atoms with van der Waals surface area (Å²) in [5.41, 5.74) is 0.479. The summed E-state index contributed by atoms with van der Waals surface area (Å²) in [4.78, 5) is 0. The first-order valence-electron chi connectivity index (χ1n) is 10.7. The Hall–Kier alpha value is 0.100. The van der Waals surface area contributed by atoms with Gasteiger partial charge in [-0.1, -0.05) is 104 Å². The minimum Gasteiger partial charge on any atom is -0.287 e. The van der Waals surface area contributed by atoms with Crippen molar-refractivity contribution in [2.75, 3.05) is 6.16 Å². The molecule has 23 heavy (non-hydrogen) atoms. The Balaban J connectivity index is 3.17. The highest BCUT2D eigenvalue weighted by molar-refractivity contribution is 7.45. The average Bonchev–Trinajstić information content (AvgIpc) is 2.56. The van der Waals surface area contributed by atoms with Crippen molar-refractivity contribution in [3.05, 3.63) is 0 Å². The Kier molecular flexibility index (Phi) is 18.5. The standard InChI is InChI=1S/C21H44OP/c1-4-7-8-9-10-11-12-13-14-15-16-17-18-19-20-23(22)21(5-2)6-3/h21H,4-20H2,1-3H3. The molecule has 0 fully saturated rings. The van der Waals surface area contributed by atoms with Crippen molar-refractivity contribution < 1.29 is 4.57 Å². The van der Waals surface area contributed by atoms with Gasteiger partial charge >= 0.3 is 0 Å². The SMILES string of the molecule is CCCCCCCCCCCCCCCC[P](=O)C(CC)CC. The Morgan fingerprint density at radius 1 is 0.565 bits per heavy atom. The Labute approximate surface area is 148 Å². The van der Waals surface area contributed by atoms with Gasteiger partial charge in [0, 0.05) is 11.8 Å². The topological polar surface area (TPSA) is 17.1 Å². The summed E-state index contributed by atoms with van der Waals surface area (Å²) in [5, 5.41) is 0. The molecule has 0 rings (SSSR count). The lowest BCUT2D eigenvalue weighted by Gasteiger charge is -2.10. The van der Waals surface area contributed by atoms with Gasteiger partial charge < -0.3 is 0 Å². The molecule has 0 aromatic heterocycles. The molecule has 2 heteroatoms. The van der Waals surface area contributed by atoms with Gasteiger partial charge in [-0.15, -0.1) is 0 Å². The third-order valence-corrected chi connectivity index (χ3v) is 7.38. The van der Waals surface area contributed by atoms with E-state index in [4.69, 9.17) is 0 Å². The lowest BCUT2D eigenvalue weighted by atomic mass is 10.0. The second-order valence-corrected chi connectivity index (χ2v) is 9.22. The highest BCUT2D eigenvalue weighted by Crippen LogP contribution is 2.33. The largest absolute Gasteiger partial charge is 0.287 e. The van der Waals surface area contributed by atoms with Crippen LogP contribution in [0.5, 0.6) is 0 Å². The Morgan fingerprint density at radius 2 is 0.913 bits per heavy atom. The van der Waals surface area contributed by atoms with Crippen LogP contribution in [0, 0.1) is 0 Å². The van der Waals surface area contributed by atoms with Gasteiger partial charge in [0.15, 0.2) is 0 Å². The maximum Gasteiger partial charge on any atom is 0.0749 e. The monoisotopic (exact) mass is 343 g/mol. The van der Waals surface area contributed by atoms with Crippen molar-refractivity contribution in [3.8, 4) is 0 Å². The van der Waals surface area contributed by atoms with Crippen LogP contribution < -0.4 is 0 Å². The summed E-state index contributed by atoms with van der Waals surface area (Å²) in [6, 6.07) is 0. The van der Waals surface area contributed by atoms with Gasteiger partial charge in [-0.25, -0.2) is 0 Å². The molecule has 0 saturated carbocycles. The van der Waals surface area contributed by atoms with E-state index >= 15 is 0 Å². The van der Waals surface area contributed by atoms with Crippen molar-refractivity contribution in [2.24, 2.45) is 0 Å². The van der Waals surface area contributed by atoms with E-state index in [0.29, 0.717) is 5.66 Å². The number of unbranched alkanes of at least 4 members (excludes halogenated alkanes) is 13. The Bertz CT molecular complexity index is 248. The summed E-state index contributed by atoms with van der Waals surface area (Å²) >= 11 is 0. The van der Waals surface area contributed by atoms with Crippen LogP contribution in [0.4, 0.5) is 0 Å². The molecule has 1 nitrogen and oxygen atoms in total. The molecule has 0 aromatic rings. The van der Waals surface area contributed by atoms with E-state index in [9.17, 15) is 4.57 Å². The van der Waals surface area contributed by atoms with Crippen LogP contribution in [0.2, 0.25) is 0 Å². The third-order valence-electron chi connectivity index (χ3n) is 5.08. The van der Waals surface area contributed by atoms with E-state index in [1.54, 1.807) is 0 Å². The first-order chi connectivity index (χ1) is 11.3. The van der Waals surface area contributed by atoms with Crippen molar-refractivity contribution in [1.29, 1.82) is 0 Å². The van der Waals surface area contributed by atoms with E-state index in [1.165, 1.54) is 89.9 Å². The number of hydrogen-bond acceptors (Lipinski definition) is 1. The quantitative estimate of drug-likeness (QED) is 0.180. The third kappa shape index (κ3) is 15.4. The lowest BCUT2D eigenvalue weighted by molar-refractivity contribution is 0.536. The molecule has 1 atom stereocenters. The molecular formula is C21H44OP. The fourth-order valence-corrected chi connectivity index (χ4v) is 5.06. The zero-order chi connectivity index (χ0) is 17.2. The minimum atomic E-state index is -0.935. The van der Waals surface area contributed by atoms with Crippen LogP contribution in [0.15, 0.2) is 0 Å². The van der Waals surface area contributed by atoms with Crippen LogP contribution in [-0.4, -0.2) is 11.8 Å². The van der Waals surface area contributed by atoms with E-state index in [-0.39, 0.29) is 0 Å². The number of hydrogen-bond donors (Lipinski definition) is 0. The van der Waals surface area contributed by atoms with Gasteiger partial charge in [-0.05, 0) is 19.3 Å². The molecule has 1 unspecified atom stereocenters. The maximum atomic E-state index is 12.1. The average molecular weight is 344 g/mol. The van der Waals surface area contributed by atoms with Crippen LogP contribution in [-0.2, 0) is 4.57 Å². The molecule has 0 aliphatic heterocycles. The lowest BCUT2D eigenvalue weighted by Crippen LogP contribution is -1.99. The first-order valence-corrected chi connectivity index (χ1v) is 12.2. The van der Waals surface area contributed by atoms with Gasteiger partial charge in [0.05, 0.1) is 7.80 Å². The van der Waals surface area contributed by atoms with E-state index in [1.807, 2.05) is 0 Å². The van der Waals surface area contributed by atoms with Crippen LogP contribution in [0.3, 0.4) is 0 Å². The van der Waals surface area contributed by atoms with E-state index < -0.39 is 7.80 Å². The normalized spacial score (nSPS) is 12.1. The predicted octanol–water partition coefficient (Wildman–Crippen LogP) is 8.48. The summed E-state index contributed by atoms with van der Waals surface area (Å²) in [5.74, 6) is 0. The zero-order valence-electron chi connectivity index (χ0n) is 16.5. The molecule has 139 valence electrons. The molecule has 0 spiro atoms. The number of rotatable bonds is 18. The van der Waals surface area contributed by atoms with Crippen molar-refractivity contribution in [2.45, 2.75) is 129 Å². The molecule has 1 radical (unpaired) electrons. The van der Waals surface area contributed by atoms with Crippen molar-refractivity contribution in [1.82, 2.24) is 0 Å². The molecule has 0 heterocycles. The van der Waals surface area contributed by atoms with Crippen LogP contribution in [0.25, 0.3) is 0 Å². The maximum absolute atomic E-state index is 12.1. The smallest absolute Gasteiger partial charge is 0.0749 e. The van der Waals surface area contributed by atoms with Gasteiger partial charge in [-0.3, -0.25) is 4.57 Å². The summed E-state index contributed by atoms with van der Waals surface area (Å²) in [7, 11) is -0.935. The highest BCUT2D eigenvalue weighted by atomic mass is 31.1. The molecule has 0 amide bonds. The molecule has 0 bridgehead atoms. The van der Waals surface area contributed by atoms with Gasteiger partial charge in [-0.2, -0.15) is 0 Å². The van der Waals surface area contributed by atoms with Gasteiger partial charge in [0.1, 0.15) is 0 Å². The van der Waals surface area contributed by atoms with Gasteiger partial charge in [0.25, 0.3) is 0 Å². The minimum absolute atomic E-state index is 0.479. The summed E-state index contributed by atoms with van der Waals surface area (Å²) < 4.78 is 12.1. The van der Waals surface area contributed by atoms with Crippen LogP contribution in [0.1, 0.15) is 124 Å². The molecular weight excluding hydrogens is 299 g/mol. The molecule has 0 aliphatic rings. The van der Waals surface area contributed by atoms with E-state index in [0.717, 1.165) is 19.0 Å². The van der Waals surface area contributed by atoms with Crippen molar-refractivity contribution in [3.63, 3.8) is 0 Å². The van der Waals surface area contributed by atoms with E-state index in [2.05, 4.69) is 20.8 Å². The molecule has 0 saturated heterocycles. The molecule has 0 N–H and O–H groups in total. The van der Waals surface area contributed by atoms with Crippen molar-refractivity contribution >= 4 is 7.80 Å². The molecule has 0 aromatic carbocycles. The first kappa shape index (κ1) is 23.1. The zero-order valence-corrected chi connectivity index (χ0v) is 17.3. The fourth-order valence-electron chi connectivity index (χ4n) is 3.34. The fraction of sp³-hybridized carbons (Fsp3) is 1.00.